The summed E-state index contributed by atoms with van der Waals surface area (Å²) in [4.78, 5) is 15.0. The van der Waals surface area contributed by atoms with E-state index in [-0.39, 0.29) is 0 Å². The van der Waals surface area contributed by atoms with E-state index in [9.17, 15) is 0 Å². The largest absolute Gasteiger partial charge is 0.257 e. The molecule has 51 heavy (non-hydrogen) atoms. The van der Waals surface area contributed by atoms with Crippen molar-refractivity contribution in [3.63, 3.8) is 0 Å². The zero-order chi connectivity index (χ0) is 38.4. The van der Waals surface area contributed by atoms with Crippen LogP contribution in [-0.4, -0.2) is 15.0 Å². The molecule has 0 amide bonds. The predicted molar refractivity (Wildman–Crippen MR) is 227 cm³/mol. The molecule has 4 heteroatoms. The lowest BCUT2D eigenvalue weighted by atomic mass is 9.96. The van der Waals surface area contributed by atoms with Gasteiger partial charge in [-0.1, -0.05) is 159 Å². The van der Waals surface area contributed by atoms with Gasteiger partial charge in [-0.05, 0) is 82.4 Å². The fourth-order valence-electron chi connectivity index (χ4n) is 5.05. The standard InChI is InChI=1S/C15H19N.C12H18.C11H17N.C9H15NS/c1-10(2)13-6-5-12-7-8-14(11(3)4)16-15(12)9-13;1-9(2)11-6-5-7-12(8-11)10(3)4;1-8(2)10-6-5-7-11(12-10)9(3)4;1-6(2)8-5-10-9(11-8)7(3)4/h5-11H,1-4H3;5-10H,1-4H3;5-9H,1-4H3;5-7H,1-4H3. The van der Waals surface area contributed by atoms with E-state index in [1.807, 2.05) is 17.5 Å². The Hall–Kier alpha value is -3.37. The van der Waals surface area contributed by atoms with Gasteiger partial charge in [0.1, 0.15) is 0 Å². The quantitative estimate of drug-likeness (QED) is 0.161. The first-order valence-electron chi connectivity index (χ1n) is 19.3. The Balaban J connectivity index is 0.000000239. The van der Waals surface area contributed by atoms with Gasteiger partial charge >= 0.3 is 0 Å². The van der Waals surface area contributed by atoms with Crippen LogP contribution in [0.25, 0.3) is 10.9 Å². The van der Waals surface area contributed by atoms with Gasteiger partial charge in [-0.3, -0.25) is 9.97 Å². The lowest BCUT2D eigenvalue weighted by Gasteiger charge is -2.09. The van der Waals surface area contributed by atoms with Crippen LogP contribution in [-0.2, 0) is 0 Å². The van der Waals surface area contributed by atoms with Crippen molar-refractivity contribution in [3.8, 4) is 0 Å². The lowest BCUT2D eigenvalue weighted by molar-refractivity contribution is 0.765. The number of pyridine rings is 2. The van der Waals surface area contributed by atoms with E-state index < -0.39 is 0 Å². The Bertz CT molecular complexity index is 1560. The highest BCUT2D eigenvalue weighted by molar-refractivity contribution is 7.11. The minimum Gasteiger partial charge on any atom is -0.257 e. The zero-order valence-electron chi connectivity index (χ0n) is 34.9. The maximum Gasteiger partial charge on any atom is 0.0953 e. The molecule has 5 aromatic rings. The molecule has 3 nitrogen and oxygen atoms in total. The van der Waals surface area contributed by atoms with Crippen LogP contribution in [0.4, 0.5) is 0 Å². The fourth-order valence-corrected chi connectivity index (χ4v) is 5.98. The summed E-state index contributed by atoms with van der Waals surface area (Å²) in [6, 6.07) is 26.0. The molecule has 2 aromatic carbocycles. The summed E-state index contributed by atoms with van der Waals surface area (Å²) >= 11 is 1.84. The van der Waals surface area contributed by atoms with Gasteiger partial charge in [0.2, 0.25) is 0 Å². The normalized spacial score (nSPS) is 11.4. The van der Waals surface area contributed by atoms with Crippen molar-refractivity contribution in [2.75, 3.05) is 0 Å². The minimum atomic E-state index is 0.493. The van der Waals surface area contributed by atoms with Crippen LogP contribution in [0.5, 0.6) is 0 Å². The SMILES string of the molecule is CC(C)c1ccc2ccc(C(C)C)nc2c1.CC(C)c1cccc(C(C)C)c1.CC(C)c1cccc(C(C)C)n1.CC(C)c1cnc(C(C)C)s1. The second-order valence-corrected chi connectivity index (χ2v) is 17.3. The van der Waals surface area contributed by atoms with E-state index in [0.717, 1.165) is 5.52 Å². The van der Waals surface area contributed by atoms with Crippen LogP contribution in [0.15, 0.2) is 79.0 Å². The Kier molecular flexibility index (Phi) is 18.2. The van der Waals surface area contributed by atoms with Crippen molar-refractivity contribution >= 4 is 22.2 Å². The first-order chi connectivity index (χ1) is 23.9. The van der Waals surface area contributed by atoms with E-state index in [1.165, 1.54) is 49.0 Å². The summed E-state index contributed by atoms with van der Waals surface area (Å²) in [6.07, 6.45) is 2.00. The molecule has 0 aliphatic heterocycles. The van der Waals surface area contributed by atoms with Crippen molar-refractivity contribution in [3.05, 3.63) is 123 Å². The number of thiazole rings is 1. The molecule has 0 bridgehead atoms. The molecule has 3 heterocycles. The third-order valence-corrected chi connectivity index (χ3v) is 10.4. The Morgan fingerprint density at radius 3 is 1.27 bits per heavy atom. The predicted octanol–water partition coefficient (Wildman–Crippen LogP) is 15.1. The average Bonchev–Trinajstić information content (AvgIpc) is 3.60. The maximum atomic E-state index is 4.72. The topological polar surface area (TPSA) is 38.7 Å². The van der Waals surface area contributed by atoms with E-state index in [2.05, 4.69) is 194 Å². The van der Waals surface area contributed by atoms with Crippen molar-refractivity contribution < 1.29 is 0 Å². The maximum absolute atomic E-state index is 4.72. The number of benzene rings is 2. The summed E-state index contributed by atoms with van der Waals surface area (Å²) in [7, 11) is 0. The van der Waals surface area contributed by atoms with E-state index >= 15 is 0 Å². The molecule has 0 aliphatic rings. The molecule has 0 radical (unpaired) electrons. The molecule has 0 saturated carbocycles. The molecule has 0 unspecified atom stereocenters. The first kappa shape index (κ1) is 43.8. The van der Waals surface area contributed by atoms with Gasteiger partial charge < -0.3 is 0 Å². The van der Waals surface area contributed by atoms with E-state index in [1.54, 1.807) is 0 Å². The minimum absolute atomic E-state index is 0.493. The molecule has 278 valence electrons. The van der Waals surface area contributed by atoms with Crippen LogP contribution in [0, 0.1) is 0 Å². The van der Waals surface area contributed by atoms with Gasteiger partial charge in [0.05, 0.1) is 10.5 Å². The molecule has 0 atom stereocenters. The molecule has 0 saturated heterocycles. The number of rotatable bonds is 8. The number of aromatic nitrogens is 3. The van der Waals surface area contributed by atoms with Crippen LogP contribution < -0.4 is 0 Å². The summed E-state index contributed by atoms with van der Waals surface area (Å²) in [5.41, 5.74) is 8.94. The van der Waals surface area contributed by atoms with Crippen molar-refractivity contribution in [1.29, 1.82) is 0 Å². The van der Waals surface area contributed by atoms with Crippen LogP contribution in [0.3, 0.4) is 0 Å². The lowest BCUT2D eigenvalue weighted by Crippen LogP contribution is -1.98. The molecule has 0 N–H and O–H groups in total. The number of nitrogens with zero attached hydrogens (tertiary/aromatic N) is 3. The highest BCUT2D eigenvalue weighted by atomic mass is 32.1. The van der Waals surface area contributed by atoms with Crippen LogP contribution >= 0.6 is 11.3 Å². The van der Waals surface area contributed by atoms with Gasteiger partial charge in [-0.15, -0.1) is 11.3 Å². The molecule has 0 fully saturated rings. The van der Waals surface area contributed by atoms with Gasteiger partial charge in [0.15, 0.2) is 0 Å². The van der Waals surface area contributed by atoms with E-state index in [4.69, 9.17) is 4.98 Å². The van der Waals surface area contributed by atoms with Gasteiger partial charge in [-0.25, -0.2) is 4.98 Å². The van der Waals surface area contributed by atoms with Crippen LogP contribution in [0.1, 0.15) is 202 Å². The molecule has 5 rings (SSSR count). The highest BCUT2D eigenvalue weighted by Gasteiger charge is 2.08. The van der Waals surface area contributed by atoms with Gasteiger partial charge in [0.25, 0.3) is 0 Å². The molecular formula is C47H69N3S. The van der Waals surface area contributed by atoms with Crippen molar-refractivity contribution in [2.24, 2.45) is 0 Å². The monoisotopic (exact) mass is 708 g/mol. The Morgan fingerprint density at radius 2 is 0.863 bits per heavy atom. The molecule has 0 spiro atoms. The third kappa shape index (κ3) is 14.6. The van der Waals surface area contributed by atoms with Crippen LogP contribution in [0.2, 0.25) is 0 Å². The smallest absolute Gasteiger partial charge is 0.0953 e. The average molecular weight is 708 g/mol. The van der Waals surface area contributed by atoms with Gasteiger partial charge in [0, 0.05) is 39.5 Å². The Morgan fingerprint density at radius 1 is 0.412 bits per heavy atom. The number of hydrogen-bond donors (Lipinski definition) is 0. The zero-order valence-corrected chi connectivity index (χ0v) is 35.7. The Labute approximate surface area is 316 Å². The van der Waals surface area contributed by atoms with E-state index in [0.29, 0.717) is 47.3 Å². The second-order valence-electron chi connectivity index (χ2n) is 16.2. The molecule has 3 aromatic heterocycles. The number of hydrogen-bond acceptors (Lipinski definition) is 4. The fraction of sp³-hybridized carbons (Fsp3) is 0.511. The summed E-state index contributed by atoms with van der Waals surface area (Å²) in [5.74, 6) is 4.60. The molecule has 0 aliphatic carbocycles. The summed E-state index contributed by atoms with van der Waals surface area (Å²) < 4.78 is 0. The second kappa shape index (κ2) is 21.2. The highest BCUT2D eigenvalue weighted by Crippen LogP contribution is 2.26. The van der Waals surface area contributed by atoms with Gasteiger partial charge in [-0.2, -0.15) is 0 Å². The summed E-state index contributed by atoms with van der Waals surface area (Å²) in [6.45, 7) is 35.2. The van der Waals surface area contributed by atoms with Crippen molar-refractivity contribution in [2.45, 2.75) is 158 Å². The third-order valence-electron chi connectivity index (χ3n) is 8.82. The summed E-state index contributed by atoms with van der Waals surface area (Å²) in [5, 5.41) is 2.49. The first-order valence-corrected chi connectivity index (χ1v) is 20.2. The van der Waals surface area contributed by atoms with Crippen molar-refractivity contribution in [1.82, 2.24) is 15.0 Å². The number of fused-ring (bicyclic) bond motifs is 1. The molecular weight excluding hydrogens is 639 g/mol.